The highest BCUT2D eigenvalue weighted by atomic mass is 35.5. The highest BCUT2D eigenvalue weighted by Crippen LogP contribution is 2.40. The lowest BCUT2D eigenvalue weighted by Crippen LogP contribution is -2.41. The summed E-state index contributed by atoms with van der Waals surface area (Å²) in [4.78, 5) is 14.9. The molecule has 1 aromatic carbocycles. The van der Waals surface area contributed by atoms with Crippen molar-refractivity contribution in [3.63, 3.8) is 0 Å². The van der Waals surface area contributed by atoms with Crippen molar-refractivity contribution < 1.29 is 19.4 Å². The van der Waals surface area contributed by atoms with Crippen molar-refractivity contribution in [3.05, 3.63) is 45.1 Å². The number of methoxy groups -OCH3 is 1. The van der Waals surface area contributed by atoms with Crippen molar-refractivity contribution in [3.8, 4) is 11.5 Å². The molecule has 5 nitrogen and oxygen atoms in total. The molecule has 3 rings (SSSR count). The van der Waals surface area contributed by atoms with Gasteiger partial charge in [-0.2, -0.15) is 0 Å². The van der Waals surface area contributed by atoms with Gasteiger partial charge in [-0.15, -0.1) is 11.3 Å². The van der Waals surface area contributed by atoms with Gasteiger partial charge in [0.1, 0.15) is 0 Å². The smallest absolute Gasteiger partial charge is 0.307 e. The third-order valence-corrected chi connectivity index (χ3v) is 6.12. The first-order chi connectivity index (χ1) is 13.0. The van der Waals surface area contributed by atoms with Gasteiger partial charge in [0.25, 0.3) is 0 Å². The summed E-state index contributed by atoms with van der Waals surface area (Å²) in [5.74, 6) is 0.302. The average Bonchev–Trinajstić information content (AvgIpc) is 3.09. The molecule has 0 saturated carbocycles. The summed E-state index contributed by atoms with van der Waals surface area (Å²) < 4.78 is 11.9. The van der Waals surface area contributed by atoms with E-state index in [0.717, 1.165) is 34.2 Å². The van der Waals surface area contributed by atoms with E-state index in [4.69, 9.17) is 21.1 Å². The Morgan fingerprint density at radius 3 is 2.81 bits per heavy atom. The first kappa shape index (κ1) is 20.0. The van der Waals surface area contributed by atoms with Crippen molar-refractivity contribution in [2.24, 2.45) is 5.92 Å². The summed E-state index contributed by atoms with van der Waals surface area (Å²) >= 11 is 7.72. The minimum absolute atomic E-state index is 0.0609. The van der Waals surface area contributed by atoms with E-state index in [2.05, 4.69) is 4.90 Å². The highest BCUT2D eigenvalue weighted by Gasteiger charge is 2.32. The minimum atomic E-state index is -0.730. The van der Waals surface area contributed by atoms with Crippen molar-refractivity contribution in [2.45, 2.75) is 25.8 Å². The van der Waals surface area contributed by atoms with Crippen molar-refractivity contribution in [2.75, 3.05) is 26.8 Å². The van der Waals surface area contributed by atoms with Gasteiger partial charge in [-0.1, -0.05) is 17.7 Å². The van der Waals surface area contributed by atoms with Gasteiger partial charge < -0.3 is 14.6 Å². The number of carboxylic acid groups (broad SMARTS) is 1. The van der Waals surface area contributed by atoms with Crippen molar-refractivity contribution in [1.29, 1.82) is 0 Å². The van der Waals surface area contributed by atoms with E-state index in [1.54, 1.807) is 7.11 Å². The predicted molar refractivity (Wildman–Crippen MR) is 107 cm³/mol. The number of carbonyl (C=O) groups is 1. The quantitative estimate of drug-likeness (QED) is 0.718. The number of halogens is 1. The molecule has 0 bridgehead atoms. The number of hydrogen-bond acceptors (Lipinski definition) is 5. The van der Waals surface area contributed by atoms with E-state index in [1.165, 1.54) is 11.3 Å². The van der Waals surface area contributed by atoms with Gasteiger partial charge in [-0.25, -0.2) is 0 Å². The monoisotopic (exact) mass is 409 g/mol. The molecule has 2 aromatic rings. The minimum Gasteiger partial charge on any atom is -0.493 e. The van der Waals surface area contributed by atoms with Crippen LogP contribution in [0, 0.1) is 5.92 Å². The molecule has 0 spiro atoms. The van der Waals surface area contributed by atoms with Gasteiger partial charge in [0.2, 0.25) is 0 Å². The Bertz CT molecular complexity index is 794. The number of piperidine rings is 1. The number of rotatable bonds is 7. The van der Waals surface area contributed by atoms with Gasteiger partial charge in [-0.05, 0) is 56.1 Å². The molecule has 1 aromatic heterocycles. The van der Waals surface area contributed by atoms with Gasteiger partial charge in [0.05, 0.1) is 30.0 Å². The van der Waals surface area contributed by atoms with Gasteiger partial charge in [-0.3, -0.25) is 9.69 Å². The second-order valence-corrected chi connectivity index (χ2v) is 8.31. The van der Waals surface area contributed by atoms with Crippen LogP contribution in [0.25, 0.3) is 0 Å². The summed E-state index contributed by atoms with van der Waals surface area (Å²) in [5, 5.41) is 9.48. The van der Waals surface area contributed by atoms with Crippen LogP contribution >= 0.6 is 22.9 Å². The third kappa shape index (κ3) is 4.57. The lowest BCUT2D eigenvalue weighted by atomic mass is 9.94. The molecule has 0 radical (unpaired) electrons. The fourth-order valence-electron chi connectivity index (χ4n) is 3.60. The predicted octanol–water partition coefficient (Wildman–Crippen LogP) is 4.69. The number of ether oxygens (including phenoxy) is 2. The van der Waals surface area contributed by atoms with E-state index >= 15 is 0 Å². The van der Waals surface area contributed by atoms with E-state index < -0.39 is 5.97 Å². The van der Waals surface area contributed by atoms with Crippen LogP contribution in [0.4, 0.5) is 0 Å². The molecule has 0 amide bonds. The number of aliphatic carboxylic acids is 1. The molecule has 27 heavy (non-hydrogen) atoms. The third-order valence-electron chi connectivity index (χ3n) is 4.83. The maximum atomic E-state index is 11.5. The Morgan fingerprint density at radius 2 is 2.19 bits per heavy atom. The molecule has 0 aliphatic carbocycles. The molecular formula is C20H24ClNO4S. The van der Waals surface area contributed by atoms with Crippen molar-refractivity contribution >= 4 is 28.9 Å². The van der Waals surface area contributed by atoms with Crippen molar-refractivity contribution in [1.82, 2.24) is 4.90 Å². The Balaban J connectivity index is 1.99. The largest absolute Gasteiger partial charge is 0.493 e. The summed E-state index contributed by atoms with van der Waals surface area (Å²) in [6.45, 7) is 3.86. The Kier molecular flexibility index (Phi) is 6.63. The SMILES string of the molecule is CCOc1ccc(C(c2ccc(Cl)s2)N2CCCC(C(=O)O)C2)cc1OC. The Hall–Kier alpha value is -1.76. The maximum Gasteiger partial charge on any atom is 0.307 e. The summed E-state index contributed by atoms with van der Waals surface area (Å²) in [7, 11) is 1.63. The zero-order valence-corrected chi connectivity index (χ0v) is 17.1. The highest BCUT2D eigenvalue weighted by molar-refractivity contribution is 7.16. The average molecular weight is 410 g/mol. The van der Waals surface area contributed by atoms with E-state index in [-0.39, 0.29) is 12.0 Å². The van der Waals surface area contributed by atoms with E-state index in [0.29, 0.717) is 24.7 Å². The van der Waals surface area contributed by atoms with Crippen LogP contribution in [0.5, 0.6) is 11.5 Å². The zero-order chi connectivity index (χ0) is 19.4. The summed E-state index contributed by atoms with van der Waals surface area (Å²) in [6.07, 6.45) is 1.58. The molecule has 146 valence electrons. The lowest BCUT2D eigenvalue weighted by molar-refractivity contribution is -0.143. The van der Waals surface area contributed by atoms with Gasteiger partial charge in [0, 0.05) is 11.4 Å². The molecule has 7 heteroatoms. The van der Waals surface area contributed by atoms with Crippen LogP contribution in [0.1, 0.15) is 36.2 Å². The number of likely N-dealkylation sites (tertiary alicyclic amines) is 1. The molecule has 2 heterocycles. The molecule has 2 atom stereocenters. The molecule has 2 unspecified atom stereocenters. The Morgan fingerprint density at radius 1 is 1.37 bits per heavy atom. The number of nitrogens with zero attached hydrogens (tertiary/aromatic N) is 1. The Labute approximate surface area is 168 Å². The first-order valence-electron chi connectivity index (χ1n) is 9.06. The molecule has 1 saturated heterocycles. The van der Waals surface area contributed by atoms with Gasteiger partial charge >= 0.3 is 5.97 Å². The van der Waals surface area contributed by atoms with Crippen LogP contribution in [-0.2, 0) is 4.79 Å². The topological polar surface area (TPSA) is 59.0 Å². The molecular weight excluding hydrogens is 386 g/mol. The standard InChI is InChI=1S/C20H24ClNO4S/c1-3-26-15-7-6-13(11-16(15)25-2)19(17-8-9-18(21)27-17)22-10-4-5-14(12-22)20(23)24/h6-9,11,14,19H,3-5,10,12H2,1-2H3,(H,23,24). The summed E-state index contributed by atoms with van der Waals surface area (Å²) in [5.41, 5.74) is 1.04. The lowest BCUT2D eigenvalue weighted by Gasteiger charge is -2.37. The number of hydrogen-bond donors (Lipinski definition) is 1. The second kappa shape index (κ2) is 8.95. The number of carboxylic acids is 1. The van der Waals surface area contributed by atoms with Crippen LogP contribution in [-0.4, -0.2) is 42.8 Å². The number of benzene rings is 1. The summed E-state index contributed by atoms with van der Waals surface area (Å²) in [6, 6.07) is 9.76. The molecule has 1 aliphatic heterocycles. The van der Waals surface area contributed by atoms with Crippen LogP contribution in [0.15, 0.2) is 30.3 Å². The maximum absolute atomic E-state index is 11.5. The van der Waals surface area contributed by atoms with E-state index in [9.17, 15) is 9.90 Å². The fourth-order valence-corrected chi connectivity index (χ4v) is 4.83. The number of thiophene rings is 1. The normalized spacial score (nSPS) is 18.9. The molecule has 1 aliphatic rings. The molecule has 1 N–H and O–H groups in total. The van der Waals surface area contributed by atoms with Crippen LogP contribution in [0.2, 0.25) is 4.34 Å². The molecule has 1 fully saturated rings. The van der Waals surface area contributed by atoms with Gasteiger partial charge in [0.15, 0.2) is 11.5 Å². The first-order valence-corrected chi connectivity index (χ1v) is 10.3. The zero-order valence-electron chi connectivity index (χ0n) is 15.5. The van der Waals surface area contributed by atoms with Crippen LogP contribution in [0.3, 0.4) is 0 Å². The fraction of sp³-hybridized carbons (Fsp3) is 0.450. The van der Waals surface area contributed by atoms with E-state index in [1.807, 2.05) is 37.3 Å². The van der Waals surface area contributed by atoms with Crippen LogP contribution < -0.4 is 9.47 Å². The second-order valence-electron chi connectivity index (χ2n) is 6.56.